The van der Waals surface area contributed by atoms with Crippen molar-refractivity contribution in [2.45, 2.75) is 6.92 Å². The van der Waals surface area contributed by atoms with E-state index in [-0.39, 0.29) is 17.1 Å². The van der Waals surface area contributed by atoms with Gasteiger partial charge in [-0.05, 0) is 30.7 Å². The van der Waals surface area contributed by atoms with Gasteiger partial charge in [0.05, 0.1) is 0 Å². The molecule has 0 aliphatic heterocycles. The van der Waals surface area contributed by atoms with Gasteiger partial charge in [0.25, 0.3) is 0 Å². The third-order valence-electron chi connectivity index (χ3n) is 3.14. The molecule has 0 saturated carbocycles. The lowest BCUT2D eigenvalue weighted by atomic mass is 10.1. The predicted octanol–water partition coefficient (Wildman–Crippen LogP) is 2.62. The van der Waals surface area contributed by atoms with Crippen molar-refractivity contribution in [3.05, 3.63) is 63.7 Å². The molecule has 1 aromatic heterocycles. The summed E-state index contributed by atoms with van der Waals surface area (Å²) in [4.78, 5) is 25.6. The topological polar surface area (TPSA) is 70.8 Å². The summed E-state index contributed by atoms with van der Waals surface area (Å²) in [5.74, 6) is -0.711. The molecule has 0 fully saturated rings. The molecule has 2 aromatic rings. The predicted molar refractivity (Wildman–Crippen MR) is 85.5 cm³/mol. The van der Waals surface area contributed by atoms with Crippen molar-refractivity contribution in [3.63, 3.8) is 0 Å². The number of hydrogen-bond donors (Lipinski definition) is 1. The number of carbonyl (C=O) groups excluding carboxylic acids is 1. The van der Waals surface area contributed by atoms with E-state index in [1.807, 2.05) is 43.3 Å². The largest absolute Gasteiger partial charge is 0.507 e. The second-order valence-corrected chi connectivity index (χ2v) is 5.09. The summed E-state index contributed by atoms with van der Waals surface area (Å²) in [5, 5.41) is 9.72. The SMILES string of the molecule is Cc1cc(O)c(C(=O)C=Cc2ccc(N(C)C)cc2)c(=O)o1. The normalized spacial score (nSPS) is 10.9. The zero-order valence-corrected chi connectivity index (χ0v) is 12.7. The van der Waals surface area contributed by atoms with E-state index < -0.39 is 11.4 Å². The minimum atomic E-state index is -0.838. The summed E-state index contributed by atoms with van der Waals surface area (Å²) >= 11 is 0. The lowest BCUT2D eigenvalue weighted by molar-refractivity contribution is 0.104. The van der Waals surface area contributed by atoms with Crippen molar-refractivity contribution < 1.29 is 14.3 Å². The molecule has 0 amide bonds. The Morgan fingerprint density at radius 1 is 1.23 bits per heavy atom. The Morgan fingerprint density at radius 3 is 2.41 bits per heavy atom. The van der Waals surface area contributed by atoms with Crippen molar-refractivity contribution in [2.24, 2.45) is 0 Å². The van der Waals surface area contributed by atoms with Crippen LogP contribution in [-0.4, -0.2) is 25.0 Å². The van der Waals surface area contributed by atoms with Gasteiger partial charge in [-0.3, -0.25) is 4.79 Å². The van der Waals surface area contributed by atoms with E-state index in [4.69, 9.17) is 4.42 Å². The van der Waals surface area contributed by atoms with Crippen LogP contribution in [0.25, 0.3) is 6.08 Å². The van der Waals surface area contributed by atoms with Crippen LogP contribution in [0.4, 0.5) is 5.69 Å². The molecule has 2 rings (SSSR count). The number of allylic oxidation sites excluding steroid dienone is 1. The Hall–Kier alpha value is -2.82. The first-order valence-electron chi connectivity index (χ1n) is 6.72. The summed E-state index contributed by atoms with van der Waals surface area (Å²) < 4.78 is 4.83. The first kappa shape index (κ1) is 15.6. The van der Waals surface area contributed by atoms with E-state index >= 15 is 0 Å². The van der Waals surface area contributed by atoms with Gasteiger partial charge in [0, 0.05) is 25.8 Å². The maximum absolute atomic E-state index is 12.0. The molecule has 0 bridgehead atoms. The van der Waals surface area contributed by atoms with Crippen LogP contribution in [0.5, 0.6) is 5.75 Å². The lowest BCUT2D eigenvalue weighted by Crippen LogP contribution is -2.12. The van der Waals surface area contributed by atoms with Crippen molar-refractivity contribution in [1.82, 2.24) is 0 Å². The molecule has 22 heavy (non-hydrogen) atoms. The van der Waals surface area contributed by atoms with Crippen LogP contribution in [0.3, 0.4) is 0 Å². The maximum atomic E-state index is 12.0. The summed E-state index contributed by atoms with van der Waals surface area (Å²) in [6.45, 7) is 1.53. The molecular formula is C17H17NO4. The molecule has 1 aromatic carbocycles. The Balaban J connectivity index is 2.23. The number of aromatic hydroxyl groups is 1. The zero-order chi connectivity index (χ0) is 16.3. The van der Waals surface area contributed by atoms with Gasteiger partial charge in [-0.25, -0.2) is 4.79 Å². The monoisotopic (exact) mass is 299 g/mol. The third kappa shape index (κ3) is 3.44. The number of nitrogens with zero attached hydrogens (tertiary/aromatic N) is 1. The maximum Gasteiger partial charge on any atom is 0.351 e. The fraction of sp³-hybridized carbons (Fsp3) is 0.176. The number of rotatable bonds is 4. The van der Waals surface area contributed by atoms with Crippen LogP contribution in [-0.2, 0) is 0 Å². The minimum Gasteiger partial charge on any atom is -0.507 e. The molecule has 0 unspecified atom stereocenters. The van der Waals surface area contributed by atoms with Crippen LogP contribution in [0, 0.1) is 6.92 Å². The number of anilines is 1. The molecule has 0 aliphatic carbocycles. The van der Waals surface area contributed by atoms with Gasteiger partial charge in [-0.1, -0.05) is 18.2 Å². The van der Waals surface area contributed by atoms with E-state index in [9.17, 15) is 14.7 Å². The number of hydrogen-bond acceptors (Lipinski definition) is 5. The Morgan fingerprint density at radius 2 is 1.86 bits per heavy atom. The summed E-state index contributed by atoms with van der Waals surface area (Å²) in [6, 6.07) is 8.80. The fourth-order valence-electron chi connectivity index (χ4n) is 1.96. The molecule has 114 valence electrons. The molecule has 5 nitrogen and oxygen atoms in total. The average molecular weight is 299 g/mol. The van der Waals surface area contributed by atoms with Gasteiger partial charge in [-0.2, -0.15) is 0 Å². The van der Waals surface area contributed by atoms with Gasteiger partial charge in [0.2, 0.25) is 0 Å². The molecule has 0 saturated heterocycles. The molecular weight excluding hydrogens is 282 g/mol. The van der Waals surface area contributed by atoms with E-state index in [0.717, 1.165) is 11.3 Å². The standard InChI is InChI=1S/C17H17NO4/c1-11-10-15(20)16(17(21)22-11)14(19)9-6-12-4-7-13(8-5-12)18(2)3/h4-10,20H,1-3H3. The highest BCUT2D eigenvalue weighted by atomic mass is 16.4. The minimum absolute atomic E-state index is 0.252. The lowest BCUT2D eigenvalue weighted by Gasteiger charge is -2.11. The van der Waals surface area contributed by atoms with Crippen LogP contribution in [0.15, 0.2) is 45.6 Å². The highest BCUT2D eigenvalue weighted by Gasteiger charge is 2.15. The summed E-state index contributed by atoms with van der Waals surface area (Å²) in [5.41, 5.74) is 0.664. The second kappa shape index (κ2) is 6.30. The quantitative estimate of drug-likeness (QED) is 0.694. The molecule has 0 spiro atoms. The highest BCUT2D eigenvalue weighted by molar-refractivity contribution is 6.08. The molecule has 5 heteroatoms. The van der Waals surface area contributed by atoms with Crippen molar-refractivity contribution >= 4 is 17.5 Å². The summed E-state index contributed by atoms with van der Waals surface area (Å²) in [6.07, 6.45) is 2.83. The molecule has 0 radical (unpaired) electrons. The first-order valence-corrected chi connectivity index (χ1v) is 6.72. The molecule has 0 atom stereocenters. The van der Waals surface area contributed by atoms with Crippen molar-refractivity contribution in [3.8, 4) is 5.75 Å². The van der Waals surface area contributed by atoms with Crippen LogP contribution in [0.2, 0.25) is 0 Å². The van der Waals surface area contributed by atoms with Gasteiger partial charge in [0.1, 0.15) is 17.1 Å². The smallest absolute Gasteiger partial charge is 0.351 e. The van der Waals surface area contributed by atoms with Crippen LogP contribution in [0.1, 0.15) is 21.7 Å². The van der Waals surface area contributed by atoms with E-state index in [0.29, 0.717) is 0 Å². The third-order valence-corrected chi connectivity index (χ3v) is 3.14. The second-order valence-electron chi connectivity index (χ2n) is 5.09. The van der Waals surface area contributed by atoms with Crippen LogP contribution >= 0.6 is 0 Å². The fourth-order valence-corrected chi connectivity index (χ4v) is 1.96. The van der Waals surface area contributed by atoms with E-state index in [1.165, 1.54) is 19.1 Å². The first-order chi connectivity index (χ1) is 10.4. The van der Waals surface area contributed by atoms with Crippen molar-refractivity contribution in [1.29, 1.82) is 0 Å². The van der Waals surface area contributed by atoms with Gasteiger partial charge in [0.15, 0.2) is 5.78 Å². The molecule has 1 N–H and O–H groups in total. The number of ketones is 1. The highest BCUT2D eigenvalue weighted by Crippen LogP contribution is 2.17. The molecule has 0 aliphatic rings. The number of benzene rings is 1. The average Bonchev–Trinajstić information content (AvgIpc) is 2.44. The summed E-state index contributed by atoms with van der Waals surface area (Å²) in [7, 11) is 3.88. The molecule has 1 heterocycles. The van der Waals surface area contributed by atoms with Gasteiger partial charge < -0.3 is 14.4 Å². The van der Waals surface area contributed by atoms with Gasteiger partial charge in [-0.15, -0.1) is 0 Å². The number of carbonyl (C=O) groups is 1. The Kier molecular flexibility index (Phi) is 4.46. The number of aryl methyl sites for hydroxylation is 1. The Labute approximate surface area is 128 Å². The van der Waals surface area contributed by atoms with Gasteiger partial charge >= 0.3 is 5.63 Å². The zero-order valence-electron chi connectivity index (χ0n) is 12.7. The van der Waals surface area contributed by atoms with Crippen LogP contribution < -0.4 is 10.5 Å². The van der Waals surface area contributed by atoms with E-state index in [2.05, 4.69) is 0 Å². The Bertz CT molecular complexity index is 770. The van der Waals surface area contributed by atoms with E-state index in [1.54, 1.807) is 6.08 Å². The van der Waals surface area contributed by atoms with Crippen molar-refractivity contribution in [2.75, 3.05) is 19.0 Å².